The van der Waals surface area contributed by atoms with Gasteiger partial charge in [-0.3, -0.25) is 9.59 Å². The molecule has 0 spiro atoms. The Morgan fingerprint density at radius 3 is 2.09 bits per heavy atom. The molecule has 0 aliphatic carbocycles. The summed E-state index contributed by atoms with van der Waals surface area (Å²) in [5.74, 6) is -1.87. The van der Waals surface area contributed by atoms with Gasteiger partial charge in [-0.15, -0.1) is 12.3 Å². The SMILES string of the molecule is C#CCCC(C(=O)O)C(=O)O. The van der Waals surface area contributed by atoms with Crippen LogP contribution >= 0.6 is 0 Å². The van der Waals surface area contributed by atoms with Crippen molar-refractivity contribution in [3.05, 3.63) is 0 Å². The Kier molecular flexibility index (Phi) is 3.75. The van der Waals surface area contributed by atoms with Crippen molar-refractivity contribution in [2.75, 3.05) is 0 Å². The third-order valence-electron chi connectivity index (χ3n) is 1.17. The fourth-order valence-corrected chi connectivity index (χ4v) is 0.580. The smallest absolute Gasteiger partial charge is 0.317 e. The highest BCUT2D eigenvalue weighted by Crippen LogP contribution is 2.05. The lowest BCUT2D eigenvalue weighted by Crippen LogP contribution is -2.22. The number of hydrogen-bond donors (Lipinski definition) is 2. The van der Waals surface area contributed by atoms with E-state index in [9.17, 15) is 9.59 Å². The van der Waals surface area contributed by atoms with Crippen LogP contribution in [0.1, 0.15) is 12.8 Å². The van der Waals surface area contributed by atoms with E-state index in [1.54, 1.807) is 0 Å². The number of carbonyl (C=O) groups is 2. The number of aliphatic carboxylic acids is 2. The molecule has 60 valence electrons. The van der Waals surface area contributed by atoms with Crippen molar-refractivity contribution in [1.82, 2.24) is 0 Å². The monoisotopic (exact) mass is 156 g/mol. The van der Waals surface area contributed by atoms with Gasteiger partial charge in [0.05, 0.1) is 0 Å². The summed E-state index contributed by atoms with van der Waals surface area (Å²) in [5, 5.41) is 16.6. The summed E-state index contributed by atoms with van der Waals surface area (Å²) >= 11 is 0. The molecule has 4 heteroatoms. The Hall–Kier alpha value is -1.50. The van der Waals surface area contributed by atoms with Gasteiger partial charge in [-0.2, -0.15) is 0 Å². The summed E-state index contributed by atoms with van der Waals surface area (Å²) in [7, 11) is 0. The summed E-state index contributed by atoms with van der Waals surface area (Å²) in [4.78, 5) is 20.4. The molecular weight excluding hydrogens is 148 g/mol. The van der Waals surface area contributed by atoms with Crippen LogP contribution in [0.25, 0.3) is 0 Å². The van der Waals surface area contributed by atoms with Crippen LogP contribution in [-0.2, 0) is 9.59 Å². The Bertz CT molecular complexity index is 187. The average Bonchev–Trinajstić information content (AvgIpc) is 1.87. The Morgan fingerprint density at radius 1 is 1.36 bits per heavy atom. The molecule has 0 bridgehead atoms. The van der Waals surface area contributed by atoms with Gasteiger partial charge < -0.3 is 10.2 Å². The zero-order valence-electron chi connectivity index (χ0n) is 5.78. The van der Waals surface area contributed by atoms with E-state index in [4.69, 9.17) is 16.6 Å². The van der Waals surface area contributed by atoms with E-state index in [-0.39, 0.29) is 12.8 Å². The van der Waals surface area contributed by atoms with Crippen LogP contribution in [0.15, 0.2) is 0 Å². The standard InChI is InChI=1S/C7H8O4/c1-2-3-4-5(6(8)9)7(10)11/h1,5H,3-4H2,(H,8,9)(H,10,11). The summed E-state index contributed by atoms with van der Waals surface area (Å²) in [6.07, 6.45) is 5.00. The van der Waals surface area contributed by atoms with Crippen molar-refractivity contribution in [3.8, 4) is 12.3 Å². The molecule has 0 fully saturated rings. The molecule has 4 nitrogen and oxygen atoms in total. The normalized spacial score (nSPS) is 9.09. The van der Waals surface area contributed by atoms with Crippen LogP contribution in [0.5, 0.6) is 0 Å². The maximum atomic E-state index is 10.2. The summed E-state index contributed by atoms with van der Waals surface area (Å²) in [6.45, 7) is 0. The molecule has 0 aliphatic heterocycles. The van der Waals surface area contributed by atoms with E-state index in [1.807, 2.05) is 0 Å². The maximum Gasteiger partial charge on any atom is 0.317 e. The van der Waals surface area contributed by atoms with Crippen LogP contribution in [-0.4, -0.2) is 22.2 Å². The number of rotatable bonds is 4. The molecule has 0 saturated heterocycles. The van der Waals surface area contributed by atoms with Crippen molar-refractivity contribution < 1.29 is 19.8 Å². The highest BCUT2D eigenvalue weighted by atomic mass is 16.4. The number of hydrogen-bond acceptors (Lipinski definition) is 2. The van der Waals surface area contributed by atoms with Crippen molar-refractivity contribution in [2.45, 2.75) is 12.8 Å². The lowest BCUT2D eigenvalue weighted by molar-refractivity contribution is -0.154. The van der Waals surface area contributed by atoms with E-state index < -0.39 is 17.9 Å². The Labute approximate surface area is 63.8 Å². The quantitative estimate of drug-likeness (QED) is 0.450. The first-order valence-electron chi connectivity index (χ1n) is 2.98. The summed E-state index contributed by atoms with van der Waals surface area (Å²) < 4.78 is 0. The molecule has 0 aliphatic rings. The summed E-state index contributed by atoms with van der Waals surface area (Å²) in [5.41, 5.74) is 0. The fraction of sp³-hybridized carbons (Fsp3) is 0.429. The number of terminal acetylenes is 1. The van der Waals surface area contributed by atoms with E-state index in [1.165, 1.54) is 0 Å². The minimum absolute atomic E-state index is 0.0127. The molecule has 0 aromatic rings. The molecule has 0 radical (unpaired) electrons. The van der Waals surface area contributed by atoms with Gasteiger partial charge in [0, 0.05) is 6.42 Å². The minimum atomic E-state index is -1.37. The molecule has 0 saturated carbocycles. The van der Waals surface area contributed by atoms with E-state index >= 15 is 0 Å². The lowest BCUT2D eigenvalue weighted by atomic mass is 10.0. The second-order valence-electron chi connectivity index (χ2n) is 1.97. The van der Waals surface area contributed by atoms with Crippen LogP contribution in [0.3, 0.4) is 0 Å². The van der Waals surface area contributed by atoms with Crippen LogP contribution in [0.2, 0.25) is 0 Å². The topological polar surface area (TPSA) is 74.6 Å². The van der Waals surface area contributed by atoms with E-state index in [0.29, 0.717) is 0 Å². The lowest BCUT2D eigenvalue weighted by Gasteiger charge is -2.02. The molecule has 0 aromatic carbocycles. The Morgan fingerprint density at radius 2 is 1.82 bits per heavy atom. The van der Waals surface area contributed by atoms with Crippen molar-refractivity contribution in [3.63, 3.8) is 0 Å². The first-order chi connectivity index (χ1) is 5.09. The molecule has 0 heterocycles. The molecule has 0 atom stereocenters. The molecule has 0 amide bonds. The predicted octanol–water partition coefficient (Wildman–Crippen LogP) is 0.185. The van der Waals surface area contributed by atoms with Crippen LogP contribution in [0.4, 0.5) is 0 Å². The van der Waals surface area contributed by atoms with Gasteiger partial charge in [0.15, 0.2) is 5.92 Å². The number of carboxylic acids is 2. The zero-order valence-corrected chi connectivity index (χ0v) is 5.78. The van der Waals surface area contributed by atoms with Crippen molar-refractivity contribution in [2.24, 2.45) is 5.92 Å². The third kappa shape index (κ3) is 3.26. The van der Waals surface area contributed by atoms with E-state index in [0.717, 1.165) is 0 Å². The molecular formula is C7H8O4. The number of carboxylic acid groups (broad SMARTS) is 2. The zero-order chi connectivity index (χ0) is 8.85. The molecule has 11 heavy (non-hydrogen) atoms. The second-order valence-corrected chi connectivity index (χ2v) is 1.97. The van der Waals surface area contributed by atoms with Gasteiger partial charge in [-0.05, 0) is 6.42 Å². The average molecular weight is 156 g/mol. The van der Waals surface area contributed by atoms with Gasteiger partial charge >= 0.3 is 11.9 Å². The minimum Gasteiger partial charge on any atom is -0.481 e. The molecule has 0 aromatic heterocycles. The van der Waals surface area contributed by atoms with Gasteiger partial charge in [0.2, 0.25) is 0 Å². The van der Waals surface area contributed by atoms with Gasteiger partial charge in [0.1, 0.15) is 0 Å². The Balaban J connectivity index is 4.03. The van der Waals surface area contributed by atoms with Gasteiger partial charge in [-0.25, -0.2) is 0 Å². The first kappa shape index (κ1) is 9.50. The molecule has 0 unspecified atom stereocenters. The van der Waals surface area contributed by atoms with Crippen molar-refractivity contribution in [1.29, 1.82) is 0 Å². The highest BCUT2D eigenvalue weighted by molar-refractivity contribution is 5.92. The largest absolute Gasteiger partial charge is 0.481 e. The predicted molar refractivity (Wildman–Crippen MR) is 36.8 cm³/mol. The molecule has 2 N–H and O–H groups in total. The fourth-order valence-electron chi connectivity index (χ4n) is 0.580. The van der Waals surface area contributed by atoms with Gasteiger partial charge in [0.25, 0.3) is 0 Å². The highest BCUT2D eigenvalue weighted by Gasteiger charge is 2.24. The second kappa shape index (κ2) is 4.34. The van der Waals surface area contributed by atoms with Crippen molar-refractivity contribution >= 4 is 11.9 Å². The van der Waals surface area contributed by atoms with E-state index in [2.05, 4.69) is 5.92 Å². The van der Waals surface area contributed by atoms with Crippen LogP contribution in [0, 0.1) is 18.3 Å². The van der Waals surface area contributed by atoms with Crippen LogP contribution < -0.4 is 0 Å². The molecule has 0 rings (SSSR count). The van der Waals surface area contributed by atoms with Gasteiger partial charge in [-0.1, -0.05) is 0 Å². The maximum absolute atomic E-state index is 10.2. The summed E-state index contributed by atoms with van der Waals surface area (Å²) in [6, 6.07) is 0. The first-order valence-corrected chi connectivity index (χ1v) is 2.98. The third-order valence-corrected chi connectivity index (χ3v) is 1.17.